The van der Waals surface area contributed by atoms with Crippen molar-refractivity contribution in [2.24, 2.45) is 5.92 Å². The molecule has 0 aromatic heterocycles. The summed E-state index contributed by atoms with van der Waals surface area (Å²) in [5.41, 5.74) is 0. The molecular formula is C14H26N2O. The van der Waals surface area contributed by atoms with E-state index in [1.165, 1.54) is 32.1 Å². The summed E-state index contributed by atoms with van der Waals surface area (Å²) in [6.07, 6.45) is 8.20. The fraction of sp³-hybridized carbons (Fsp3) is 0.929. The number of amides is 1. The summed E-state index contributed by atoms with van der Waals surface area (Å²) in [4.78, 5) is 14.1. The van der Waals surface area contributed by atoms with Crippen LogP contribution < -0.4 is 5.32 Å². The van der Waals surface area contributed by atoms with Gasteiger partial charge in [-0.15, -0.1) is 0 Å². The number of unbranched alkanes of at least 4 members (excludes halogenated alkanes) is 4. The fourth-order valence-electron chi connectivity index (χ4n) is 3.09. The SMILES string of the molecule is CCCCCCCC(=O)N1C[C@@H]2CCN[C@@H]2C1. The van der Waals surface area contributed by atoms with E-state index < -0.39 is 0 Å². The monoisotopic (exact) mass is 238 g/mol. The Morgan fingerprint density at radius 2 is 2.06 bits per heavy atom. The first-order valence-corrected chi connectivity index (χ1v) is 7.32. The summed E-state index contributed by atoms with van der Waals surface area (Å²) >= 11 is 0. The van der Waals surface area contributed by atoms with Crippen LogP contribution in [0.4, 0.5) is 0 Å². The molecule has 2 aliphatic rings. The summed E-state index contributed by atoms with van der Waals surface area (Å²) < 4.78 is 0. The zero-order valence-corrected chi connectivity index (χ0v) is 11.1. The van der Waals surface area contributed by atoms with Gasteiger partial charge in [0.2, 0.25) is 5.91 Å². The maximum Gasteiger partial charge on any atom is 0.222 e. The summed E-state index contributed by atoms with van der Waals surface area (Å²) in [5, 5.41) is 3.49. The molecule has 0 aromatic rings. The molecule has 3 nitrogen and oxygen atoms in total. The van der Waals surface area contributed by atoms with Crippen LogP contribution >= 0.6 is 0 Å². The van der Waals surface area contributed by atoms with Crippen LogP contribution in [0.5, 0.6) is 0 Å². The second kappa shape index (κ2) is 6.39. The Morgan fingerprint density at radius 1 is 1.24 bits per heavy atom. The number of nitrogens with zero attached hydrogens (tertiary/aromatic N) is 1. The number of likely N-dealkylation sites (tertiary alicyclic amines) is 1. The van der Waals surface area contributed by atoms with E-state index in [0.29, 0.717) is 11.9 Å². The quantitative estimate of drug-likeness (QED) is 0.719. The van der Waals surface area contributed by atoms with Gasteiger partial charge in [-0.25, -0.2) is 0 Å². The largest absolute Gasteiger partial charge is 0.341 e. The van der Waals surface area contributed by atoms with Crippen molar-refractivity contribution in [3.05, 3.63) is 0 Å². The molecule has 3 heteroatoms. The molecule has 0 aliphatic carbocycles. The third-order valence-corrected chi connectivity index (χ3v) is 4.21. The molecule has 0 radical (unpaired) electrons. The molecule has 2 aliphatic heterocycles. The first-order valence-electron chi connectivity index (χ1n) is 7.32. The van der Waals surface area contributed by atoms with Gasteiger partial charge in [-0.1, -0.05) is 32.6 Å². The van der Waals surface area contributed by atoms with E-state index in [1.54, 1.807) is 0 Å². The highest BCUT2D eigenvalue weighted by atomic mass is 16.2. The Morgan fingerprint density at radius 3 is 2.82 bits per heavy atom. The molecule has 0 unspecified atom stereocenters. The third-order valence-electron chi connectivity index (χ3n) is 4.21. The Kier molecular flexibility index (Phi) is 4.84. The Bertz CT molecular complexity index is 243. The van der Waals surface area contributed by atoms with E-state index in [9.17, 15) is 4.79 Å². The van der Waals surface area contributed by atoms with Crippen LogP contribution in [0.2, 0.25) is 0 Å². The lowest BCUT2D eigenvalue weighted by Crippen LogP contribution is -2.33. The third kappa shape index (κ3) is 3.44. The lowest BCUT2D eigenvalue weighted by atomic mass is 10.1. The summed E-state index contributed by atoms with van der Waals surface area (Å²) in [6, 6.07) is 0.596. The standard InChI is InChI=1S/C14H26N2O/c1-2-3-4-5-6-7-14(17)16-10-12-8-9-15-13(12)11-16/h12-13,15H,2-11H2,1H3/t12-,13+/m0/s1. The Hall–Kier alpha value is -0.570. The zero-order chi connectivity index (χ0) is 12.1. The van der Waals surface area contributed by atoms with Gasteiger partial charge in [0, 0.05) is 25.6 Å². The molecule has 2 rings (SSSR count). The van der Waals surface area contributed by atoms with Crippen molar-refractivity contribution in [3.8, 4) is 0 Å². The molecule has 0 aromatic carbocycles. The van der Waals surface area contributed by atoms with Gasteiger partial charge in [-0.2, -0.15) is 0 Å². The Balaban J connectivity index is 1.60. The molecular weight excluding hydrogens is 212 g/mol. The second-order valence-electron chi connectivity index (χ2n) is 5.57. The van der Waals surface area contributed by atoms with E-state index >= 15 is 0 Å². The predicted octanol–water partition coefficient (Wildman–Crippen LogP) is 2.17. The predicted molar refractivity (Wildman–Crippen MR) is 69.9 cm³/mol. The van der Waals surface area contributed by atoms with Crippen molar-refractivity contribution in [3.63, 3.8) is 0 Å². The molecule has 0 bridgehead atoms. The number of rotatable bonds is 6. The number of hydrogen-bond acceptors (Lipinski definition) is 2. The lowest BCUT2D eigenvalue weighted by Gasteiger charge is -2.17. The van der Waals surface area contributed by atoms with Gasteiger partial charge in [0.15, 0.2) is 0 Å². The number of carbonyl (C=O) groups excluding carboxylic acids is 1. The minimum absolute atomic E-state index is 0.387. The topological polar surface area (TPSA) is 32.3 Å². The van der Waals surface area contributed by atoms with Crippen molar-refractivity contribution in [1.82, 2.24) is 10.2 Å². The molecule has 17 heavy (non-hydrogen) atoms. The highest BCUT2D eigenvalue weighted by Crippen LogP contribution is 2.25. The average Bonchev–Trinajstić information content (AvgIpc) is 2.88. The van der Waals surface area contributed by atoms with Crippen molar-refractivity contribution in [2.75, 3.05) is 19.6 Å². The minimum atomic E-state index is 0.387. The molecule has 2 heterocycles. The van der Waals surface area contributed by atoms with E-state index in [1.807, 2.05) is 0 Å². The molecule has 0 saturated carbocycles. The fourth-order valence-corrected chi connectivity index (χ4v) is 3.09. The van der Waals surface area contributed by atoms with Gasteiger partial charge >= 0.3 is 0 Å². The molecule has 1 N–H and O–H groups in total. The maximum absolute atomic E-state index is 12.0. The summed E-state index contributed by atoms with van der Waals surface area (Å²) in [5.74, 6) is 1.12. The van der Waals surface area contributed by atoms with Gasteiger partial charge in [0.25, 0.3) is 0 Å². The molecule has 98 valence electrons. The summed E-state index contributed by atoms with van der Waals surface area (Å²) in [7, 11) is 0. The van der Waals surface area contributed by atoms with Gasteiger partial charge in [-0.05, 0) is 25.3 Å². The smallest absolute Gasteiger partial charge is 0.222 e. The van der Waals surface area contributed by atoms with Crippen LogP contribution in [-0.2, 0) is 4.79 Å². The van der Waals surface area contributed by atoms with Crippen LogP contribution in [0.1, 0.15) is 51.9 Å². The molecule has 2 fully saturated rings. The van der Waals surface area contributed by atoms with E-state index in [2.05, 4.69) is 17.1 Å². The minimum Gasteiger partial charge on any atom is -0.341 e. The van der Waals surface area contributed by atoms with Gasteiger partial charge in [0.05, 0.1) is 0 Å². The molecule has 1 amide bonds. The van der Waals surface area contributed by atoms with Crippen LogP contribution in [0, 0.1) is 5.92 Å². The van der Waals surface area contributed by atoms with Crippen LogP contribution in [0.15, 0.2) is 0 Å². The summed E-state index contributed by atoms with van der Waals surface area (Å²) in [6.45, 7) is 5.33. The molecule has 2 saturated heterocycles. The van der Waals surface area contributed by atoms with Crippen molar-refractivity contribution < 1.29 is 4.79 Å². The first-order chi connectivity index (χ1) is 8.31. The van der Waals surface area contributed by atoms with Crippen molar-refractivity contribution in [1.29, 1.82) is 0 Å². The van der Waals surface area contributed by atoms with Gasteiger partial charge in [0.1, 0.15) is 0 Å². The highest BCUT2D eigenvalue weighted by Gasteiger charge is 2.37. The maximum atomic E-state index is 12.0. The average molecular weight is 238 g/mol. The van der Waals surface area contributed by atoms with Crippen LogP contribution in [0.25, 0.3) is 0 Å². The van der Waals surface area contributed by atoms with Crippen molar-refractivity contribution >= 4 is 5.91 Å². The lowest BCUT2D eigenvalue weighted by molar-refractivity contribution is -0.130. The number of nitrogens with one attached hydrogen (secondary N) is 1. The van der Waals surface area contributed by atoms with E-state index in [4.69, 9.17) is 0 Å². The number of hydrogen-bond donors (Lipinski definition) is 1. The second-order valence-corrected chi connectivity index (χ2v) is 5.57. The number of fused-ring (bicyclic) bond motifs is 1. The first kappa shape index (κ1) is 12.9. The molecule has 2 atom stereocenters. The zero-order valence-electron chi connectivity index (χ0n) is 11.1. The normalized spacial score (nSPS) is 27.5. The van der Waals surface area contributed by atoms with Crippen LogP contribution in [-0.4, -0.2) is 36.5 Å². The number of carbonyl (C=O) groups is 1. The Labute approximate surface area is 105 Å². The highest BCUT2D eigenvalue weighted by molar-refractivity contribution is 5.76. The van der Waals surface area contributed by atoms with E-state index in [-0.39, 0.29) is 0 Å². The van der Waals surface area contributed by atoms with Gasteiger partial charge in [-0.3, -0.25) is 4.79 Å². The van der Waals surface area contributed by atoms with Crippen molar-refractivity contribution in [2.45, 2.75) is 57.9 Å². The molecule has 0 spiro atoms. The van der Waals surface area contributed by atoms with E-state index in [0.717, 1.165) is 38.4 Å². The van der Waals surface area contributed by atoms with Gasteiger partial charge < -0.3 is 10.2 Å². The van der Waals surface area contributed by atoms with Crippen LogP contribution in [0.3, 0.4) is 0 Å².